The molecule has 178 valence electrons. The molecule has 3 N–H and O–H groups in total. The summed E-state index contributed by atoms with van der Waals surface area (Å²) in [6, 6.07) is 14.7. The van der Waals surface area contributed by atoms with E-state index in [1.54, 1.807) is 12.3 Å². The van der Waals surface area contributed by atoms with Crippen LogP contribution in [-0.4, -0.2) is 33.3 Å². The molecule has 0 aliphatic rings. The molecule has 0 radical (unpaired) electrons. The third-order valence-corrected chi connectivity index (χ3v) is 5.65. The number of aromatic nitrogens is 1. The van der Waals surface area contributed by atoms with Gasteiger partial charge in [-0.15, -0.1) is 0 Å². The molecule has 1 unspecified atom stereocenters. The van der Waals surface area contributed by atoms with Crippen molar-refractivity contribution in [1.29, 1.82) is 0 Å². The van der Waals surface area contributed by atoms with Crippen molar-refractivity contribution in [3.05, 3.63) is 88.6 Å². The second-order valence-corrected chi connectivity index (χ2v) is 8.14. The van der Waals surface area contributed by atoms with Crippen LogP contribution in [0.15, 0.2) is 60.8 Å². The van der Waals surface area contributed by atoms with Gasteiger partial charge in [0.05, 0.1) is 17.9 Å². The molecular formula is C26H25F3N2O3. The smallest absolute Gasteiger partial charge is 0.416 e. The summed E-state index contributed by atoms with van der Waals surface area (Å²) < 4.78 is 40.9. The van der Waals surface area contributed by atoms with Gasteiger partial charge in [-0.1, -0.05) is 42.5 Å². The lowest BCUT2D eigenvalue weighted by molar-refractivity contribution is -0.146. The van der Waals surface area contributed by atoms with Gasteiger partial charge < -0.3 is 10.2 Å². The average molecular weight is 470 g/mol. The molecule has 0 bridgehead atoms. The number of rotatable bonds is 8. The van der Waals surface area contributed by atoms with Gasteiger partial charge in [-0.25, -0.2) is 0 Å². The Labute approximate surface area is 195 Å². The van der Waals surface area contributed by atoms with Crippen molar-refractivity contribution in [2.75, 3.05) is 6.61 Å². The lowest BCUT2D eigenvalue weighted by Crippen LogP contribution is -2.52. The standard InChI is InChI=1S/C26H25F3N2O3/c1-17-19(6-5-7-21(17)23-8-3-4-13-30-23)10-11-20-14-18(9-12-22(20)26(27,28)29)15-31-25(2,16-32)24(33)34/h3-14,31-32H,15-16H2,1-2H3,(H,33,34)/b11-10+. The summed E-state index contributed by atoms with van der Waals surface area (Å²) in [6.07, 6.45) is 0.146. The van der Waals surface area contributed by atoms with E-state index in [-0.39, 0.29) is 12.1 Å². The summed E-state index contributed by atoms with van der Waals surface area (Å²) >= 11 is 0. The Kier molecular flexibility index (Phi) is 7.54. The number of pyridine rings is 1. The molecule has 5 nitrogen and oxygen atoms in total. The summed E-state index contributed by atoms with van der Waals surface area (Å²) in [4.78, 5) is 15.7. The van der Waals surface area contributed by atoms with Crippen molar-refractivity contribution in [2.24, 2.45) is 0 Å². The van der Waals surface area contributed by atoms with Crippen LogP contribution in [0.2, 0.25) is 0 Å². The first-order valence-electron chi connectivity index (χ1n) is 10.5. The van der Waals surface area contributed by atoms with Gasteiger partial charge >= 0.3 is 12.1 Å². The van der Waals surface area contributed by atoms with E-state index in [2.05, 4.69) is 10.3 Å². The number of aliphatic hydroxyl groups is 1. The quantitative estimate of drug-likeness (QED) is 0.396. The second-order valence-electron chi connectivity index (χ2n) is 8.14. The molecule has 1 heterocycles. The topological polar surface area (TPSA) is 82.5 Å². The molecule has 0 amide bonds. The number of nitrogens with one attached hydrogen (secondary N) is 1. The number of halogens is 3. The van der Waals surface area contributed by atoms with Gasteiger partial charge in [0.2, 0.25) is 0 Å². The maximum Gasteiger partial charge on any atom is 0.416 e. The van der Waals surface area contributed by atoms with E-state index in [4.69, 9.17) is 0 Å². The second kappa shape index (κ2) is 10.2. The third-order valence-electron chi connectivity index (χ3n) is 5.65. The summed E-state index contributed by atoms with van der Waals surface area (Å²) in [5, 5.41) is 21.3. The van der Waals surface area contributed by atoms with E-state index in [9.17, 15) is 28.2 Å². The van der Waals surface area contributed by atoms with Crippen LogP contribution in [0, 0.1) is 6.92 Å². The molecule has 0 saturated carbocycles. The van der Waals surface area contributed by atoms with E-state index in [0.717, 1.165) is 28.5 Å². The Hall–Kier alpha value is -3.49. The van der Waals surface area contributed by atoms with Gasteiger partial charge in [0.25, 0.3) is 0 Å². The Morgan fingerprint density at radius 2 is 1.79 bits per heavy atom. The fourth-order valence-corrected chi connectivity index (χ4v) is 3.43. The highest BCUT2D eigenvalue weighted by atomic mass is 19.4. The zero-order valence-electron chi connectivity index (χ0n) is 18.7. The summed E-state index contributed by atoms with van der Waals surface area (Å²) in [6.45, 7) is 2.49. The summed E-state index contributed by atoms with van der Waals surface area (Å²) in [5.74, 6) is -1.26. The fraction of sp³-hybridized carbons (Fsp3) is 0.231. The number of carbonyl (C=O) groups is 1. The van der Waals surface area contributed by atoms with Crippen LogP contribution in [0.25, 0.3) is 23.4 Å². The maximum atomic E-state index is 13.6. The number of carboxylic acids is 1. The highest BCUT2D eigenvalue weighted by molar-refractivity contribution is 5.79. The number of aliphatic carboxylic acids is 1. The van der Waals surface area contributed by atoms with Gasteiger partial charge in [0.15, 0.2) is 0 Å². The first kappa shape index (κ1) is 25.1. The van der Waals surface area contributed by atoms with Crippen molar-refractivity contribution < 1.29 is 28.2 Å². The van der Waals surface area contributed by atoms with Crippen LogP contribution < -0.4 is 5.32 Å². The van der Waals surface area contributed by atoms with Gasteiger partial charge in [-0.3, -0.25) is 15.1 Å². The molecule has 3 aromatic rings. The lowest BCUT2D eigenvalue weighted by atomic mass is 9.97. The predicted octanol–water partition coefficient (Wildman–Crippen LogP) is 5.17. The van der Waals surface area contributed by atoms with Crippen LogP contribution in [0.1, 0.15) is 34.7 Å². The first-order chi connectivity index (χ1) is 16.0. The SMILES string of the molecule is Cc1c(/C=C/c2cc(CNC(C)(CO)C(=O)O)ccc2C(F)(F)F)cccc1-c1ccccn1. The maximum absolute atomic E-state index is 13.6. The molecule has 0 saturated heterocycles. The van der Waals surface area contributed by atoms with Gasteiger partial charge in [-0.2, -0.15) is 13.2 Å². The predicted molar refractivity (Wildman–Crippen MR) is 125 cm³/mol. The van der Waals surface area contributed by atoms with Gasteiger partial charge in [0, 0.05) is 18.3 Å². The molecule has 2 aromatic carbocycles. The summed E-state index contributed by atoms with van der Waals surface area (Å²) in [7, 11) is 0. The molecular weight excluding hydrogens is 445 g/mol. The molecule has 1 aromatic heterocycles. The Morgan fingerprint density at radius 1 is 1.06 bits per heavy atom. The van der Waals surface area contributed by atoms with Crippen molar-refractivity contribution in [3.63, 3.8) is 0 Å². The van der Waals surface area contributed by atoms with Gasteiger partial charge in [0.1, 0.15) is 5.54 Å². The Bertz CT molecular complexity index is 1190. The number of aliphatic hydroxyl groups excluding tert-OH is 1. The Morgan fingerprint density at radius 3 is 2.41 bits per heavy atom. The number of alkyl halides is 3. The highest BCUT2D eigenvalue weighted by Gasteiger charge is 2.34. The van der Waals surface area contributed by atoms with Crippen molar-refractivity contribution in [2.45, 2.75) is 32.1 Å². The zero-order valence-corrected chi connectivity index (χ0v) is 18.7. The number of hydrogen-bond acceptors (Lipinski definition) is 4. The number of hydrogen-bond donors (Lipinski definition) is 3. The third kappa shape index (κ3) is 5.70. The van der Waals surface area contributed by atoms with E-state index >= 15 is 0 Å². The van der Waals surface area contributed by atoms with Crippen molar-refractivity contribution in [3.8, 4) is 11.3 Å². The largest absolute Gasteiger partial charge is 0.480 e. The molecule has 1 atom stereocenters. The van der Waals surface area contributed by atoms with Crippen molar-refractivity contribution in [1.82, 2.24) is 10.3 Å². The van der Waals surface area contributed by atoms with Crippen LogP contribution in [0.4, 0.5) is 13.2 Å². The summed E-state index contributed by atoms with van der Waals surface area (Å²) in [5.41, 5.74) is 1.28. The number of carboxylic acid groups (broad SMARTS) is 1. The first-order valence-corrected chi connectivity index (χ1v) is 10.5. The normalized spacial score (nSPS) is 13.7. The highest BCUT2D eigenvalue weighted by Crippen LogP contribution is 2.34. The van der Waals surface area contributed by atoms with E-state index in [0.29, 0.717) is 5.56 Å². The van der Waals surface area contributed by atoms with Crippen LogP contribution in [-0.2, 0) is 17.5 Å². The zero-order chi connectivity index (χ0) is 24.9. The van der Waals surface area contributed by atoms with Crippen LogP contribution in [0.3, 0.4) is 0 Å². The molecule has 0 aliphatic carbocycles. The molecule has 0 fully saturated rings. The molecule has 3 rings (SSSR count). The van der Waals surface area contributed by atoms with Crippen LogP contribution >= 0.6 is 0 Å². The monoisotopic (exact) mass is 470 g/mol. The van der Waals surface area contributed by atoms with Crippen molar-refractivity contribution >= 4 is 18.1 Å². The van der Waals surface area contributed by atoms with E-state index in [1.807, 2.05) is 43.3 Å². The molecule has 0 spiro atoms. The van der Waals surface area contributed by atoms with E-state index < -0.39 is 29.9 Å². The minimum absolute atomic E-state index is 0.0312. The number of benzene rings is 2. The van der Waals surface area contributed by atoms with Crippen LogP contribution in [0.5, 0.6) is 0 Å². The molecule has 0 aliphatic heterocycles. The lowest BCUT2D eigenvalue weighted by Gasteiger charge is -2.24. The molecule has 8 heteroatoms. The van der Waals surface area contributed by atoms with Gasteiger partial charge in [-0.05, 0) is 60.4 Å². The number of nitrogens with zero attached hydrogens (tertiary/aromatic N) is 1. The Balaban J connectivity index is 1.95. The van der Waals surface area contributed by atoms with E-state index in [1.165, 1.54) is 25.1 Å². The minimum atomic E-state index is -4.56. The fourth-order valence-electron chi connectivity index (χ4n) is 3.43. The minimum Gasteiger partial charge on any atom is -0.480 e. The molecule has 34 heavy (non-hydrogen) atoms. The average Bonchev–Trinajstić information content (AvgIpc) is 2.81.